The Labute approximate surface area is 96.0 Å². The number of ketones is 1. The Balaban J connectivity index is 2.86. The van der Waals surface area contributed by atoms with Crippen LogP contribution in [-0.4, -0.2) is 18.2 Å². The van der Waals surface area contributed by atoms with Crippen molar-refractivity contribution < 1.29 is 9.59 Å². The summed E-state index contributed by atoms with van der Waals surface area (Å²) in [6.45, 7) is 1.56. The van der Waals surface area contributed by atoms with Crippen molar-refractivity contribution in [3.8, 4) is 0 Å². The van der Waals surface area contributed by atoms with Gasteiger partial charge in [-0.15, -0.1) is 0 Å². The SMILES string of the molecule is Cc1c(Br)cccc1NC(=O)C(=O)CN. The zero-order chi connectivity index (χ0) is 11.4. The van der Waals surface area contributed by atoms with Crippen LogP contribution < -0.4 is 11.1 Å². The molecule has 0 aromatic heterocycles. The van der Waals surface area contributed by atoms with Gasteiger partial charge in [-0.2, -0.15) is 0 Å². The van der Waals surface area contributed by atoms with Crippen molar-refractivity contribution in [2.45, 2.75) is 6.92 Å². The number of benzene rings is 1. The molecule has 0 aliphatic carbocycles. The second kappa shape index (κ2) is 5.04. The number of carbonyl (C=O) groups is 2. The number of carbonyl (C=O) groups excluding carboxylic acids is 2. The minimum Gasteiger partial charge on any atom is -0.324 e. The van der Waals surface area contributed by atoms with Gasteiger partial charge in [0.15, 0.2) is 0 Å². The molecule has 4 nitrogen and oxygen atoms in total. The normalized spacial score (nSPS) is 9.80. The topological polar surface area (TPSA) is 72.2 Å². The molecule has 15 heavy (non-hydrogen) atoms. The fourth-order valence-corrected chi connectivity index (χ4v) is 1.39. The molecule has 0 atom stereocenters. The molecule has 5 heteroatoms. The van der Waals surface area contributed by atoms with Gasteiger partial charge in [-0.05, 0) is 24.6 Å². The van der Waals surface area contributed by atoms with Gasteiger partial charge >= 0.3 is 0 Å². The van der Waals surface area contributed by atoms with E-state index in [2.05, 4.69) is 21.2 Å². The molecule has 0 bridgehead atoms. The first kappa shape index (κ1) is 11.9. The highest BCUT2D eigenvalue weighted by atomic mass is 79.9. The molecule has 0 aliphatic rings. The van der Waals surface area contributed by atoms with Gasteiger partial charge in [0.25, 0.3) is 5.91 Å². The van der Waals surface area contributed by atoms with Gasteiger partial charge in [0.1, 0.15) is 0 Å². The number of hydrogen-bond acceptors (Lipinski definition) is 3. The number of rotatable bonds is 3. The van der Waals surface area contributed by atoms with Crippen LogP contribution in [0.2, 0.25) is 0 Å². The fraction of sp³-hybridized carbons (Fsp3) is 0.200. The van der Waals surface area contributed by atoms with E-state index in [0.29, 0.717) is 5.69 Å². The number of halogens is 1. The lowest BCUT2D eigenvalue weighted by molar-refractivity contribution is -0.133. The fourth-order valence-electron chi connectivity index (χ4n) is 1.03. The smallest absolute Gasteiger partial charge is 0.293 e. The maximum atomic E-state index is 11.3. The largest absolute Gasteiger partial charge is 0.324 e. The van der Waals surface area contributed by atoms with E-state index in [0.717, 1.165) is 10.0 Å². The van der Waals surface area contributed by atoms with Gasteiger partial charge in [-0.3, -0.25) is 9.59 Å². The van der Waals surface area contributed by atoms with E-state index in [9.17, 15) is 9.59 Å². The summed E-state index contributed by atoms with van der Waals surface area (Å²) in [5, 5.41) is 2.50. The minimum absolute atomic E-state index is 0.279. The Morgan fingerprint density at radius 1 is 1.47 bits per heavy atom. The number of nitrogens with one attached hydrogen (secondary N) is 1. The lowest BCUT2D eigenvalue weighted by Gasteiger charge is -2.08. The summed E-state index contributed by atoms with van der Waals surface area (Å²) >= 11 is 3.33. The molecule has 80 valence electrons. The van der Waals surface area contributed by atoms with Crippen molar-refractivity contribution in [1.29, 1.82) is 0 Å². The molecule has 0 aliphatic heterocycles. The van der Waals surface area contributed by atoms with Gasteiger partial charge in [0.05, 0.1) is 6.54 Å². The summed E-state index contributed by atoms with van der Waals surface area (Å²) < 4.78 is 0.875. The van der Waals surface area contributed by atoms with Crippen LogP contribution in [0.15, 0.2) is 22.7 Å². The highest BCUT2D eigenvalue weighted by Crippen LogP contribution is 2.23. The Morgan fingerprint density at radius 3 is 2.73 bits per heavy atom. The predicted octanol–water partition coefficient (Wildman–Crippen LogP) is 1.22. The van der Waals surface area contributed by atoms with Crippen LogP contribution in [0.3, 0.4) is 0 Å². The maximum Gasteiger partial charge on any atom is 0.293 e. The molecule has 0 unspecified atom stereocenters. The third-order valence-corrected chi connectivity index (χ3v) is 2.81. The Kier molecular flexibility index (Phi) is 3.99. The summed E-state index contributed by atoms with van der Waals surface area (Å²) in [4.78, 5) is 22.2. The van der Waals surface area contributed by atoms with Crippen LogP contribution in [-0.2, 0) is 9.59 Å². The van der Waals surface area contributed by atoms with E-state index in [1.807, 2.05) is 13.0 Å². The first-order valence-electron chi connectivity index (χ1n) is 4.35. The standard InChI is InChI=1S/C10H11BrN2O2/c1-6-7(11)3-2-4-8(6)13-10(15)9(14)5-12/h2-4H,5,12H2,1H3,(H,13,15). The van der Waals surface area contributed by atoms with E-state index in [1.165, 1.54) is 0 Å². The van der Waals surface area contributed by atoms with Gasteiger partial charge in [-0.25, -0.2) is 0 Å². The Hall–Kier alpha value is -1.20. The number of nitrogens with two attached hydrogens (primary N) is 1. The van der Waals surface area contributed by atoms with Crippen molar-refractivity contribution >= 4 is 33.3 Å². The van der Waals surface area contributed by atoms with Crippen LogP contribution in [0.1, 0.15) is 5.56 Å². The van der Waals surface area contributed by atoms with Crippen LogP contribution in [0.4, 0.5) is 5.69 Å². The third-order valence-electron chi connectivity index (χ3n) is 1.95. The quantitative estimate of drug-likeness (QED) is 0.812. The number of amides is 1. The molecule has 0 spiro atoms. The lowest BCUT2D eigenvalue weighted by Crippen LogP contribution is -2.29. The van der Waals surface area contributed by atoms with Crippen molar-refractivity contribution in [1.82, 2.24) is 0 Å². The van der Waals surface area contributed by atoms with Crippen molar-refractivity contribution in [3.05, 3.63) is 28.2 Å². The molecule has 1 amide bonds. The van der Waals surface area contributed by atoms with E-state index in [-0.39, 0.29) is 6.54 Å². The molecule has 0 heterocycles. The molecule has 0 saturated carbocycles. The molecule has 3 N–H and O–H groups in total. The predicted molar refractivity (Wildman–Crippen MR) is 61.6 cm³/mol. The van der Waals surface area contributed by atoms with Crippen molar-refractivity contribution in [2.75, 3.05) is 11.9 Å². The molecule has 0 saturated heterocycles. The summed E-state index contributed by atoms with van der Waals surface area (Å²) in [7, 11) is 0. The van der Waals surface area contributed by atoms with Gasteiger partial charge in [0, 0.05) is 10.2 Å². The highest BCUT2D eigenvalue weighted by molar-refractivity contribution is 9.10. The van der Waals surface area contributed by atoms with Crippen molar-refractivity contribution in [2.24, 2.45) is 5.73 Å². The second-order valence-corrected chi connectivity index (χ2v) is 3.85. The average molecular weight is 271 g/mol. The molecule has 1 aromatic rings. The molecule has 1 rings (SSSR count). The first-order chi connectivity index (χ1) is 7.06. The van der Waals surface area contributed by atoms with Crippen LogP contribution in [0, 0.1) is 6.92 Å². The maximum absolute atomic E-state index is 11.3. The van der Waals surface area contributed by atoms with E-state index < -0.39 is 11.7 Å². The third kappa shape index (κ3) is 2.87. The first-order valence-corrected chi connectivity index (χ1v) is 5.15. The summed E-state index contributed by atoms with van der Waals surface area (Å²) in [6, 6.07) is 5.36. The zero-order valence-corrected chi connectivity index (χ0v) is 9.80. The number of Topliss-reactive ketones (excluding diaryl/α,β-unsaturated/α-hetero) is 1. The van der Waals surface area contributed by atoms with Gasteiger partial charge in [-0.1, -0.05) is 22.0 Å². The minimum atomic E-state index is -0.682. The van der Waals surface area contributed by atoms with E-state index in [1.54, 1.807) is 12.1 Å². The summed E-state index contributed by atoms with van der Waals surface area (Å²) in [5.41, 5.74) is 6.55. The highest BCUT2D eigenvalue weighted by Gasteiger charge is 2.12. The Morgan fingerprint density at radius 2 is 2.13 bits per heavy atom. The van der Waals surface area contributed by atoms with E-state index in [4.69, 9.17) is 5.73 Å². The summed E-state index contributed by atoms with van der Waals surface area (Å²) in [5.74, 6) is -1.31. The molecule has 1 aromatic carbocycles. The Bertz CT molecular complexity index is 404. The monoisotopic (exact) mass is 270 g/mol. The number of anilines is 1. The van der Waals surface area contributed by atoms with Crippen LogP contribution >= 0.6 is 15.9 Å². The molecule has 0 radical (unpaired) electrons. The second-order valence-electron chi connectivity index (χ2n) is 2.99. The molecular formula is C10H11BrN2O2. The average Bonchev–Trinajstić information content (AvgIpc) is 2.23. The van der Waals surface area contributed by atoms with E-state index >= 15 is 0 Å². The summed E-state index contributed by atoms with van der Waals surface area (Å²) in [6.07, 6.45) is 0. The molecule has 0 fully saturated rings. The van der Waals surface area contributed by atoms with Crippen molar-refractivity contribution in [3.63, 3.8) is 0 Å². The number of hydrogen-bond donors (Lipinski definition) is 2. The van der Waals surface area contributed by atoms with Gasteiger partial charge in [0.2, 0.25) is 5.78 Å². The molecular weight excluding hydrogens is 260 g/mol. The van der Waals surface area contributed by atoms with Crippen LogP contribution in [0.25, 0.3) is 0 Å². The zero-order valence-electron chi connectivity index (χ0n) is 8.21. The van der Waals surface area contributed by atoms with Crippen LogP contribution in [0.5, 0.6) is 0 Å². The van der Waals surface area contributed by atoms with Gasteiger partial charge < -0.3 is 11.1 Å². The lowest BCUT2D eigenvalue weighted by atomic mass is 10.2.